The van der Waals surface area contributed by atoms with Gasteiger partial charge in [0, 0.05) is 31.5 Å². The third kappa shape index (κ3) is 3.81. The maximum atomic E-state index is 12.9. The number of carbonyl (C=O) groups excluding carboxylic acids is 1. The van der Waals surface area contributed by atoms with Crippen LogP contribution in [0, 0.1) is 0 Å². The fraction of sp³-hybridized carbons (Fsp3) is 0.429. The Hall–Kier alpha value is -2.81. The molecule has 1 aromatic carbocycles. The topological polar surface area (TPSA) is 78.1 Å². The van der Waals surface area contributed by atoms with Crippen molar-refractivity contribution >= 4 is 23.4 Å². The molecule has 30 heavy (non-hydrogen) atoms. The summed E-state index contributed by atoms with van der Waals surface area (Å²) >= 11 is 1.42. The second-order valence-electron chi connectivity index (χ2n) is 6.90. The number of aryl methyl sites for hydroxylation is 1. The number of ether oxygens (including phenoxy) is 1. The molecule has 0 spiro atoms. The lowest BCUT2D eigenvalue weighted by Gasteiger charge is -2.17. The highest BCUT2D eigenvalue weighted by Gasteiger charge is 2.25. The molecule has 8 nitrogen and oxygen atoms in total. The summed E-state index contributed by atoms with van der Waals surface area (Å²) in [4.78, 5) is 14.7. The van der Waals surface area contributed by atoms with Crippen LogP contribution < -0.4 is 9.64 Å². The number of benzene rings is 1. The predicted molar refractivity (Wildman–Crippen MR) is 117 cm³/mol. The number of aromatic nitrogens is 5. The number of thioether (sulfide) groups is 1. The van der Waals surface area contributed by atoms with Gasteiger partial charge in [-0.25, -0.2) is 0 Å². The molecule has 3 aromatic rings. The van der Waals surface area contributed by atoms with E-state index in [1.165, 1.54) is 17.3 Å². The number of hydrogen-bond donors (Lipinski definition) is 0. The van der Waals surface area contributed by atoms with Gasteiger partial charge in [-0.3, -0.25) is 9.48 Å². The fourth-order valence-electron chi connectivity index (χ4n) is 3.64. The summed E-state index contributed by atoms with van der Waals surface area (Å²) in [6.07, 6.45) is 2.84. The Morgan fingerprint density at radius 2 is 2.00 bits per heavy atom. The quantitative estimate of drug-likeness (QED) is 0.515. The monoisotopic (exact) mass is 426 g/mol. The van der Waals surface area contributed by atoms with Gasteiger partial charge in [0.2, 0.25) is 11.8 Å². The molecule has 9 heteroatoms. The minimum atomic E-state index is 0.0889. The van der Waals surface area contributed by atoms with Crippen LogP contribution in [0.2, 0.25) is 0 Å². The average Bonchev–Trinajstić information content (AvgIpc) is 3.48. The molecule has 0 fully saturated rings. The second kappa shape index (κ2) is 8.91. The first-order valence-electron chi connectivity index (χ1n) is 10.3. The predicted octanol–water partition coefficient (Wildman–Crippen LogP) is 3.26. The highest BCUT2D eigenvalue weighted by atomic mass is 32.2. The summed E-state index contributed by atoms with van der Waals surface area (Å²) in [7, 11) is 0. The lowest BCUT2D eigenvalue weighted by atomic mass is 10.2. The van der Waals surface area contributed by atoms with Crippen molar-refractivity contribution < 1.29 is 9.53 Å². The number of rotatable bonds is 8. The number of anilines is 1. The molecule has 0 bridgehead atoms. The minimum absolute atomic E-state index is 0.0889. The Balaban J connectivity index is 1.52. The molecular formula is C21H26N6O2S. The maximum absolute atomic E-state index is 12.9. The van der Waals surface area contributed by atoms with E-state index in [1.807, 2.05) is 59.3 Å². The first-order chi connectivity index (χ1) is 14.7. The molecule has 0 N–H and O–H groups in total. The van der Waals surface area contributed by atoms with E-state index in [0.717, 1.165) is 35.9 Å². The van der Waals surface area contributed by atoms with E-state index in [1.54, 1.807) is 0 Å². The summed E-state index contributed by atoms with van der Waals surface area (Å²) in [6.45, 7) is 8.70. The van der Waals surface area contributed by atoms with Crippen LogP contribution in [0.25, 0.3) is 11.4 Å². The maximum Gasteiger partial charge on any atom is 0.243 e. The molecule has 1 amide bonds. The van der Waals surface area contributed by atoms with Gasteiger partial charge in [-0.15, -0.1) is 15.3 Å². The van der Waals surface area contributed by atoms with Crippen molar-refractivity contribution in [2.45, 2.75) is 45.4 Å². The third-order valence-corrected chi connectivity index (χ3v) is 6.07. The highest BCUT2D eigenvalue weighted by molar-refractivity contribution is 7.99. The second-order valence-corrected chi connectivity index (χ2v) is 7.84. The zero-order chi connectivity index (χ0) is 21.1. The lowest BCUT2D eigenvalue weighted by molar-refractivity contribution is -0.116. The molecule has 1 aliphatic heterocycles. The van der Waals surface area contributed by atoms with Crippen molar-refractivity contribution in [1.29, 1.82) is 0 Å². The van der Waals surface area contributed by atoms with Gasteiger partial charge in [-0.05, 0) is 38.8 Å². The summed E-state index contributed by atoms with van der Waals surface area (Å²) in [5, 5.41) is 13.9. The third-order valence-electron chi connectivity index (χ3n) is 5.12. The Labute approximate surface area is 180 Å². The van der Waals surface area contributed by atoms with Gasteiger partial charge in [-0.1, -0.05) is 30.0 Å². The van der Waals surface area contributed by atoms with Gasteiger partial charge in [-0.2, -0.15) is 0 Å². The van der Waals surface area contributed by atoms with E-state index in [-0.39, 0.29) is 5.91 Å². The molecule has 1 aliphatic rings. The van der Waals surface area contributed by atoms with Gasteiger partial charge < -0.3 is 14.2 Å². The number of hydrogen-bond acceptors (Lipinski definition) is 6. The first kappa shape index (κ1) is 20.5. The Morgan fingerprint density at radius 1 is 1.17 bits per heavy atom. The largest absolute Gasteiger partial charge is 0.476 e. The van der Waals surface area contributed by atoms with Crippen LogP contribution in [0.5, 0.6) is 5.88 Å². The summed E-state index contributed by atoms with van der Waals surface area (Å²) < 4.78 is 9.54. The van der Waals surface area contributed by atoms with E-state index >= 15 is 0 Å². The molecule has 0 saturated heterocycles. The van der Waals surface area contributed by atoms with Crippen molar-refractivity contribution in [3.63, 3.8) is 0 Å². The number of carbonyl (C=O) groups is 1. The molecule has 4 rings (SSSR count). The molecule has 2 aromatic heterocycles. The standard InChI is InChI=1S/C21H26N6O2S/c1-4-25-13-16(20(24-25)29-6-3)19-22-23-21(26(19)5-2)30-14-18(28)27-12-11-15-9-7-8-10-17(15)27/h7-10,13H,4-6,11-12,14H2,1-3H3. The Kier molecular flexibility index (Phi) is 6.08. The summed E-state index contributed by atoms with van der Waals surface area (Å²) in [6, 6.07) is 8.09. The number of para-hydroxylation sites is 1. The smallest absolute Gasteiger partial charge is 0.243 e. The zero-order valence-corrected chi connectivity index (χ0v) is 18.4. The molecule has 0 unspecified atom stereocenters. The van der Waals surface area contributed by atoms with Crippen LogP contribution in [0.15, 0.2) is 35.6 Å². The van der Waals surface area contributed by atoms with Crippen molar-refractivity contribution in [3.05, 3.63) is 36.0 Å². The SMILES string of the molecule is CCOc1nn(CC)cc1-c1nnc(SCC(=O)N2CCc3ccccc32)n1CC. The van der Waals surface area contributed by atoms with Gasteiger partial charge in [0.25, 0.3) is 0 Å². The summed E-state index contributed by atoms with van der Waals surface area (Å²) in [5.74, 6) is 1.68. The molecule has 0 aliphatic carbocycles. The van der Waals surface area contributed by atoms with Gasteiger partial charge in [0.1, 0.15) is 5.56 Å². The van der Waals surface area contributed by atoms with E-state index < -0.39 is 0 Å². The number of fused-ring (bicyclic) bond motifs is 1. The van der Waals surface area contributed by atoms with E-state index in [2.05, 4.69) is 21.4 Å². The molecule has 158 valence electrons. The van der Waals surface area contributed by atoms with Crippen molar-refractivity contribution in [2.24, 2.45) is 0 Å². The van der Waals surface area contributed by atoms with Crippen LogP contribution in [-0.2, 0) is 24.3 Å². The average molecular weight is 427 g/mol. The van der Waals surface area contributed by atoms with Crippen LogP contribution in [-0.4, -0.2) is 49.4 Å². The Morgan fingerprint density at radius 3 is 2.77 bits per heavy atom. The molecule has 0 saturated carbocycles. The minimum Gasteiger partial charge on any atom is -0.476 e. The van der Waals surface area contributed by atoms with Crippen LogP contribution in [0.3, 0.4) is 0 Å². The van der Waals surface area contributed by atoms with Crippen molar-refractivity contribution in [3.8, 4) is 17.3 Å². The van der Waals surface area contributed by atoms with Gasteiger partial charge >= 0.3 is 0 Å². The van der Waals surface area contributed by atoms with Crippen molar-refractivity contribution in [1.82, 2.24) is 24.5 Å². The normalized spacial score (nSPS) is 13.0. The van der Waals surface area contributed by atoms with E-state index in [0.29, 0.717) is 30.6 Å². The van der Waals surface area contributed by atoms with Crippen LogP contribution in [0.4, 0.5) is 5.69 Å². The molecular weight excluding hydrogens is 400 g/mol. The lowest BCUT2D eigenvalue weighted by Crippen LogP contribution is -2.30. The number of nitrogens with zero attached hydrogens (tertiary/aromatic N) is 6. The zero-order valence-electron chi connectivity index (χ0n) is 17.5. The fourth-order valence-corrected chi connectivity index (χ4v) is 4.52. The van der Waals surface area contributed by atoms with E-state index in [4.69, 9.17) is 4.74 Å². The Bertz CT molecular complexity index is 1040. The molecule has 0 radical (unpaired) electrons. The van der Waals surface area contributed by atoms with E-state index in [9.17, 15) is 4.79 Å². The summed E-state index contributed by atoms with van der Waals surface area (Å²) in [5.41, 5.74) is 3.07. The van der Waals surface area contributed by atoms with Gasteiger partial charge in [0.15, 0.2) is 11.0 Å². The molecule has 0 atom stereocenters. The molecule has 3 heterocycles. The van der Waals surface area contributed by atoms with Gasteiger partial charge in [0.05, 0.1) is 12.4 Å². The highest BCUT2D eigenvalue weighted by Crippen LogP contribution is 2.32. The number of amides is 1. The first-order valence-corrected chi connectivity index (χ1v) is 11.3. The van der Waals surface area contributed by atoms with Crippen LogP contribution >= 0.6 is 11.8 Å². The van der Waals surface area contributed by atoms with Crippen molar-refractivity contribution in [2.75, 3.05) is 23.8 Å². The van der Waals surface area contributed by atoms with Crippen LogP contribution in [0.1, 0.15) is 26.3 Å².